The molecule has 0 heterocycles. The molecule has 130 valence electrons. The van der Waals surface area contributed by atoms with Crippen molar-refractivity contribution in [1.29, 1.82) is 0 Å². The van der Waals surface area contributed by atoms with E-state index in [1.807, 2.05) is 13.1 Å². The number of para-hydroxylation sites is 1. The summed E-state index contributed by atoms with van der Waals surface area (Å²) in [6, 6.07) is 13.9. The van der Waals surface area contributed by atoms with E-state index in [1.165, 1.54) is 0 Å². The lowest BCUT2D eigenvalue weighted by molar-refractivity contribution is 0.297. The van der Waals surface area contributed by atoms with Crippen molar-refractivity contribution >= 4 is 9.84 Å². The van der Waals surface area contributed by atoms with Gasteiger partial charge in [0.25, 0.3) is 0 Å². The fourth-order valence-corrected chi connectivity index (χ4v) is 4.17. The first-order valence-corrected chi connectivity index (χ1v) is 9.73. The van der Waals surface area contributed by atoms with Crippen LogP contribution in [0.1, 0.15) is 24.8 Å². The molecule has 2 aromatic rings. The average Bonchev–Trinajstić information content (AvgIpc) is 2.58. The zero-order chi connectivity index (χ0) is 17.4. The Kier molecular flexibility index (Phi) is 6.82. The smallest absolute Gasteiger partial charge is 0.210 e. The third kappa shape index (κ3) is 4.58. The molecule has 4 nitrogen and oxygen atoms in total. The maximum Gasteiger partial charge on any atom is 0.210 e. The highest BCUT2D eigenvalue weighted by atomic mass is 32.2. The van der Waals surface area contributed by atoms with E-state index in [2.05, 4.69) is 5.32 Å². The molecular weight excluding hydrogens is 322 g/mol. The highest BCUT2D eigenvalue weighted by Crippen LogP contribution is 2.30. The highest BCUT2D eigenvalue weighted by molar-refractivity contribution is 7.91. The molecule has 0 saturated carbocycles. The van der Waals surface area contributed by atoms with Gasteiger partial charge in [-0.05, 0) is 63.5 Å². The number of nitrogens with one attached hydrogen (secondary N) is 1. The number of rotatable bonds is 9. The van der Waals surface area contributed by atoms with Gasteiger partial charge in [-0.25, -0.2) is 8.42 Å². The van der Waals surface area contributed by atoms with Crippen LogP contribution in [0.4, 0.5) is 0 Å². The van der Waals surface area contributed by atoms with Crippen LogP contribution in [0.15, 0.2) is 58.3 Å². The molecule has 2 aromatic carbocycles. The first kappa shape index (κ1) is 18.5. The standard InChI is InChI=1S/C19H25NO3S/c1-16-10-4-6-12-18(16)24(21,22)19-13-7-5-11-17(19)23-15-9-3-8-14-20-2/h4-7,10-13,20H,3,8-9,14-15H2,1-2H3. The minimum atomic E-state index is -3.59. The maximum atomic E-state index is 13.0. The Balaban J connectivity index is 2.15. The van der Waals surface area contributed by atoms with Crippen molar-refractivity contribution in [3.05, 3.63) is 54.1 Å². The molecule has 0 aliphatic carbocycles. The third-order valence-corrected chi connectivity index (χ3v) is 5.80. The van der Waals surface area contributed by atoms with E-state index in [1.54, 1.807) is 49.4 Å². The predicted molar refractivity (Wildman–Crippen MR) is 96.3 cm³/mol. The second-order valence-corrected chi connectivity index (χ2v) is 7.61. The zero-order valence-electron chi connectivity index (χ0n) is 14.3. The van der Waals surface area contributed by atoms with E-state index >= 15 is 0 Å². The van der Waals surface area contributed by atoms with Crippen molar-refractivity contribution in [2.75, 3.05) is 20.2 Å². The molecule has 0 saturated heterocycles. The summed E-state index contributed by atoms with van der Waals surface area (Å²) in [7, 11) is -1.65. The Morgan fingerprint density at radius 1 is 0.917 bits per heavy atom. The summed E-state index contributed by atoms with van der Waals surface area (Å²) in [5.41, 5.74) is 0.736. The number of aryl methyl sites for hydroxylation is 1. The van der Waals surface area contributed by atoms with Crippen LogP contribution in [-0.2, 0) is 9.84 Å². The predicted octanol–water partition coefficient (Wildman–Crippen LogP) is 3.60. The monoisotopic (exact) mass is 347 g/mol. The quantitative estimate of drug-likeness (QED) is 0.704. The zero-order valence-corrected chi connectivity index (χ0v) is 15.1. The molecular formula is C19H25NO3S. The molecule has 0 aromatic heterocycles. The van der Waals surface area contributed by atoms with Crippen LogP contribution in [-0.4, -0.2) is 28.6 Å². The molecule has 0 fully saturated rings. The van der Waals surface area contributed by atoms with Crippen LogP contribution >= 0.6 is 0 Å². The molecule has 1 N–H and O–H groups in total. The molecule has 0 aliphatic rings. The molecule has 0 bridgehead atoms. The molecule has 0 atom stereocenters. The summed E-state index contributed by atoms with van der Waals surface area (Å²) in [5.74, 6) is 0.425. The Bertz CT molecular complexity index is 757. The average molecular weight is 347 g/mol. The second kappa shape index (κ2) is 8.85. The fraction of sp³-hybridized carbons (Fsp3) is 0.368. The second-order valence-electron chi connectivity index (χ2n) is 5.73. The van der Waals surface area contributed by atoms with E-state index in [0.29, 0.717) is 17.3 Å². The molecule has 24 heavy (non-hydrogen) atoms. The van der Waals surface area contributed by atoms with Crippen molar-refractivity contribution in [2.45, 2.75) is 36.0 Å². The van der Waals surface area contributed by atoms with E-state index in [4.69, 9.17) is 4.74 Å². The van der Waals surface area contributed by atoms with Gasteiger partial charge in [-0.1, -0.05) is 30.3 Å². The Morgan fingerprint density at radius 3 is 2.29 bits per heavy atom. The van der Waals surface area contributed by atoms with Crippen molar-refractivity contribution in [2.24, 2.45) is 0 Å². The van der Waals surface area contributed by atoms with Gasteiger partial charge in [-0.2, -0.15) is 0 Å². The summed E-state index contributed by atoms with van der Waals surface area (Å²) in [6.45, 7) is 3.31. The van der Waals surface area contributed by atoms with Crippen molar-refractivity contribution in [3.8, 4) is 5.75 Å². The maximum absolute atomic E-state index is 13.0. The number of hydrogen-bond acceptors (Lipinski definition) is 4. The molecule has 2 rings (SSSR count). The number of hydrogen-bond donors (Lipinski definition) is 1. The van der Waals surface area contributed by atoms with Gasteiger partial charge in [-0.3, -0.25) is 0 Å². The van der Waals surface area contributed by atoms with Gasteiger partial charge >= 0.3 is 0 Å². The number of sulfone groups is 1. The fourth-order valence-electron chi connectivity index (χ4n) is 2.53. The van der Waals surface area contributed by atoms with Gasteiger partial charge in [0.1, 0.15) is 10.6 Å². The van der Waals surface area contributed by atoms with E-state index < -0.39 is 9.84 Å². The molecule has 0 spiro atoms. The minimum absolute atomic E-state index is 0.231. The summed E-state index contributed by atoms with van der Waals surface area (Å²) >= 11 is 0. The molecule has 5 heteroatoms. The van der Waals surface area contributed by atoms with Crippen molar-refractivity contribution in [3.63, 3.8) is 0 Å². The van der Waals surface area contributed by atoms with E-state index in [0.717, 1.165) is 31.4 Å². The molecule has 0 aliphatic heterocycles. The summed E-state index contributed by atoms with van der Waals surface area (Å²) < 4.78 is 31.7. The highest BCUT2D eigenvalue weighted by Gasteiger charge is 2.23. The third-order valence-electron chi connectivity index (χ3n) is 3.85. The lowest BCUT2D eigenvalue weighted by Crippen LogP contribution is -2.09. The number of benzene rings is 2. The Hall–Kier alpha value is -1.85. The Morgan fingerprint density at radius 2 is 1.58 bits per heavy atom. The van der Waals surface area contributed by atoms with Crippen molar-refractivity contribution in [1.82, 2.24) is 5.32 Å². The summed E-state index contributed by atoms with van der Waals surface area (Å²) in [5, 5.41) is 3.11. The lowest BCUT2D eigenvalue weighted by Gasteiger charge is -2.13. The molecule has 0 unspecified atom stereocenters. The largest absolute Gasteiger partial charge is 0.492 e. The molecule has 0 amide bonds. The van der Waals surface area contributed by atoms with Crippen LogP contribution in [0.5, 0.6) is 5.75 Å². The first-order chi connectivity index (χ1) is 11.6. The minimum Gasteiger partial charge on any atom is -0.492 e. The topological polar surface area (TPSA) is 55.4 Å². The van der Waals surface area contributed by atoms with Gasteiger partial charge < -0.3 is 10.1 Å². The van der Waals surface area contributed by atoms with Crippen molar-refractivity contribution < 1.29 is 13.2 Å². The van der Waals surface area contributed by atoms with E-state index in [9.17, 15) is 8.42 Å². The van der Waals surface area contributed by atoms with Crippen LogP contribution < -0.4 is 10.1 Å². The summed E-state index contributed by atoms with van der Waals surface area (Å²) in [4.78, 5) is 0.560. The van der Waals surface area contributed by atoms with Gasteiger partial charge in [0.05, 0.1) is 11.5 Å². The SMILES string of the molecule is CNCCCCCOc1ccccc1S(=O)(=O)c1ccccc1C. The molecule has 0 radical (unpaired) electrons. The first-order valence-electron chi connectivity index (χ1n) is 8.24. The van der Waals surface area contributed by atoms with Crippen LogP contribution in [0, 0.1) is 6.92 Å². The van der Waals surface area contributed by atoms with Gasteiger partial charge in [0.2, 0.25) is 9.84 Å². The Labute approximate surface area is 144 Å². The number of ether oxygens (including phenoxy) is 1. The van der Waals surface area contributed by atoms with Crippen LogP contribution in [0.25, 0.3) is 0 Å². The lowest BCUT2D eigenvalue weighted by atomic mass is 10.2. The number of unbranched alkanes of at least 4 members (excludes halogenated alkanes) is 2. The van der Waals surface area contributed by atoms with E-state index in [-0.39, 0.29) is 4.90 Å². The normalized spacial score (nSPS) is 11.4. The van der Waals surface area contributed by atoms with Gasteiger partial charge in [0, 0.05) is 0 Å². The van der Waals surface area contributed by atoms with Crippen LogP contribution in [0.3, 0.4) is 0 Å². The van der Waals surface area contributed by atoms with Gasteiger partial charge in [0.15, 0.2) is 0 Å². The summed E-state index contributed by atoms with van der Waals surface area (Å²) in [6.07, 6.45) is 3.04. The van der Waals surface area contributed by atoms with Crippen LogP contribution in [0.2, 0.25) is 0 Å². The van der Waals surface area contributed by atoms with Gasteiger partial charge in [-0.15, -0.1) is 0 Å².